The third kappa shape index (κ3) is 1.18. The SMILES string of the molecule is CC1(C)Cc2cc[nH]c2CN1. The molecule has 11 heavy (non-hydrogen) atoms. The molecule has 0 unspecified atom stereocenters. The van der Waals surface area contributed by atoms with Crippen LogP contribution in [0.3, 0.4) is 0 Å². The van der Waals surface area contributed by atoms with E-state index in [9.17, 15) is 0 Å². The molecule has 1 aromatic heterocycles. The van der Waals surface area contributed by atoms with Gasteiger partial charge in [-0.15, -0.1) is 0 Å². The first kappa shape index (κ1) is 6.92. The first-order valence-electron chi connectivity index (χ1n) is 4.07. The Morgan fingerprint density at radius 3 is 3.09 bits per heavy atom. The molecule has 0 aliphatic carbocycles. The monoisotopic (exact) mass is 150 g/mol. The molecular formula is C9H14N2. The summed E-state index contributed by atoms with van der Waals surface area (Å²) in [5.74, 6) is 0. The predicted molar refractivity (Wildman–Crippen MR) is 45.4 cm³/mol. The molecule has 0 saturated carbocycles. The van der Waals surface area contributed by atoms with Gasteiger partial charge in [-0.3, -0.25) is 0 Å². The molecule has 0 spiro atoms. The zero-order valence-electron chi connectivity index (χ0n) is 7.07. The first-order valence-corrected chi connectivity index (χ1v) is 4.07. The predicted octanol–water partition coefficient (Wildman–Crippen LogP) is 1.44. The van der Waals surface area contributed by atoms with Crippen molar-refractivity contribution in [3.63, 3.8) is 0 Å². The maximum absolute atomic E-state index is 3.47. The molecule has 2 nitrogen and oxygen atoms in total. The summed E-state index contributed by atoms with van der Waals surface area (Å²) >= 11 is 0. The molecule has 0 radical (unpaired) electrons. The minimum atomic E-state index is 0.273. The van der Waals surface area contributed by atoms with Crippen LogP contribution in [0.1, 0.15) is 25.1 Å². The zero-order chi connectivity index (χ0) is 7.90. The summed E-state index contributed by atoms with van der Waals surface area (Å²) < 4.78 is 0. The van der Waals surface area contributed by atoms with Crippen molar-refractivity contribution in [1.82, 2.24) is 10.3 Å². The van der Waals surface area contributed by atoms with Crippen molar-refractivity contribution in [2.45, 2.75) is 32.4 Å². The van der Waals surface area contributed by atoms with Gasteiger partial charge >= 0.3 is 0 Å². The molecule has 0 saturated heterocycles. The Bertz CT molecular complexity index is 260. The van der Waals surface area contributed by atoms with Crippen LogP contribution in [-0.2, 0) is 13.0 Å². The lowest BCUT2D eigenvalue weighted by atomic mass is 9.91. The van der Waals surface area contributed by atoms with E-state index >= 15 is 0 Å². The van der Waals surface area contributed by atoms with Crippen molar-refractivity contribution < 1.29 is 0 Å². The molecule has 0 fully saturated rings. The fourth-order valence-electron chi connectivity index (χ4n) is 1.63. The summed E-state index contributed by atoms with van der Waals surface area (Å²) in [5.41, 5.74) is 3.09. The number of hydrogen-bond donors (Lipinski definition) is 2. The van der Waals surface area contributed by atoms with Gasteiger partial charge in [0.25, 0.3) is 0 Å². The first-order chi connectivity index (χ1) is 5.17. The summed E-state index contributed by atoms with van der Waals surface area (Å²) in [5, 5.41) is 3.47. The van der Waals surface area contributed by atoms with E-state index in [1.54, 1.807) is 0 Å². The number of fused-ring (bicyclic) bond motifs is 1. The Morgan fingerprint density at radius 2 is 2.27 bits per heavy atom. The Kier molecular flexibility index (Phi) is 1.33. The van der Waals surface area contributed by atoms with Gasteiger partial charge in [0, 0.05) is 24.0 Å². The van der Waals surface area contributed by atoms with Crippen LogP contribution in [0.2, 0.25) is 0 Å². The van der Waals surface area contributed by atoms with Crippen LogP contribution in [0, 0.1) is 0 Å². The second-order valence-corrected chi connectivity index (χ2v) is 3.90. The van der Waals surface area contributed by atoms with Gasteiger partial charge in [-0.1, -0.05) is 0 Å². The molecule has 60 valence electrons. The smallest absolute Gasteiger partial charge is 0.0364 e. The van der Waals surface area contributed by atoms with Crippen LogP contribution in [0.15, 0.2) is 12.3 Å². The van der Waals surface area contributed by atoms with Crippen LogP contribution in [-0.4, -0.2) is 10.5 Å². The second kappa shape index (κ2) is 2.11. The highest BCUT2D eigenvalue weighted by Gasteiger charge is 2.24. The highest BCUT2D eigenvalue weighted by Crippen LogP contribution is 2.21. The Hall–Kier alpha value is -0.760. The van der Waals surface area contributed by atoms with Crippen LogP contribution in [0.25, 0.3) is 0 Å². The fourth-order valence-corrected chi connectivity index (χ4v) is 1.63. The number of rotatable bonds is 0. The molecule has 0 amide bonds. The van der Waals surface area contributed by atoms with Gasteiger partial charge < -0.3 is 10.3 Å². The highest BCUT2D eigenvalue weighted by molar-refractivity contribution is 5.25. The molecular weight excluding hydrogens is 136 g/mol. The average molecular weight is 150 g/mol. The highest BCUT2D eigenvalue weighted by atomic mass is 15.0. The minimum absolute atomic E-state index is 0.273. The van der Waals surface area contributed by atoms with Crippen molar-refractivity contribution in [3.05, 3.63) is 23.5 Å². The van der Waals surface area contributed by atoms with E-state index in [2.05, 4.69) is 30.2 Å². The third-order valence-electron chi connectivity index (χ3n) is 2.31. The molecule has 0 aromatic carbocycles. The largest absolute Gasteiger partial charge is 0.364 e. The summed E-state index contributed by atoms with van der Waals surface area (Å²) in [6, 6.07) is 2.18. The maximum Gasteiger partial charge on any atom is 0.0364 e. The van der Waals surface area contributed by atoms with Crippen molar-refractivity contribution >= 4 is 0 Å². The van der Waals surface area contributed by atoms with E-state index in [1.807, 2.05) is 6.20 Å². The van der Waals surface area contributed by atoms with Crippen molar-refractivity contribution in [3.8, 4) is 0 Å². The zero-order valence-corrected chi connectivity index (χ0v) is 7.07. The molecule has 1 aliphatic rings. The standard InChI is InChI=1S/C9H14N2/c1-9(2)5-7-3-4-10-8(7)6-11-9/h3-4,10-11H,5-6H2,1-2H3. The quantitative estimate of drug-likeness (QED) is 0.575. The number of H-pyrrole nitrogens is 1. The lowest BCUT2D eigenvalue weighted by molar-refractivity contribution is 0.360. The van der Waals surface area contributed by atoms with Crippen LogP contribution >= 0.6 is 0 Å². The minimum Gasteiger partial charge on any atom is -0.364 e. The Morgan fingerprint density at radius 1 is 1.45 bits per heavy atom. The van der Waals surface area contributed by atoms with E-state index in [0.29, 0.717) is 0 Å². The molecule has 2 heteroatoms. The molecule has 1 aliphatic heterocycles. The lowest BCUT2D eigenvalue weighted by Crippen LogP contribution is -2.44. The van der Waals surface area contributed by atoms with E-state index in [-0.39, 0.29) is 5.54 Å². The van der Waals surface area contributed by atoms with E-state index < -0.39 is 0 Å². The third-order valence-corrected chi connectivity index (χ3v) is 2.31. The summed E-state index contributed by atoms with van der Waals surface area (Å²) in [6.07, 6.45) is 3.15. The molecule has 0 bridgehead atoms. The van der Waals surface area contributed by atoms with Crippen molar-refractivity contribution in [2.75, 3.05) is 0 Å². The topological polar surface area (TPSA) is 27.8 Å². The van der Waals surface area contributed by atoms with Crippen molar-refractivity contribution in [1.29, 1.82) is 0 Å². The molecule has 2 rings (SSSR count). The van der Waals surface area contributed by atoms with E-state index in [4.69, 9.17) is 0 Å². The molecule has 0 atom stereocenters. The summed E-state index contributed by atoms with van der Waals surface area (Å²) in [6.45, 7) is 5.46. The van der Waals surface area contributed by atoms with Gasteiger partial charge in [-0.05, 0) is 31.9 Å². The summed E-state index contributed by atoms with van der Waals surface area (Å²) in [4.78, 5) is 3.23. The maximum atomic E-state index is 3.47. The second-order valence-electron chi connectivity index (χ2n) is 3.90. The molecule has 1 aromatic rings. The van der Waals surface area contributed by atoms with Gasteiger partial charge in [0.2, 0.25) is 0 Å². The van der Waals surface area contributed by atoms with Gasteiger partial charge in [-0.25, -0.2) is 0 Å². The Labute approximate surface area is 67.0 Å². The lowest BCUT2D eigenvalue weighted by Gasteiger charge is -2.30. The van der Waals surface area contributed by atoms with Crippen LogP contribution < -0.4 is 5.32 Å². The summed E-state index contributed by atoms with van der Waals surface area (Å²) in [7, 11) is 0. The van der Waals surface area contributed by atoms with Crippen molar-refractivity contribution in [2.24, 2.45) is 0 Å². The average Bonchev–Trinajstić information content (AvgIpc) is 2.31. The normalized spacial score (nSPS) is 21.3. The van der Waals surface area contributed by atoms with Crippen LogP contribution in [0.5, 0.6) is 0 Å². The van der Waals surface area contributed by atoms with Gasteiger partial charge in [0.15, 0.2) is 0 Å². The number of aromatic amines is 1. The van der Waals surface area contributed by atoms with Crippen LogP contribution in [0.4, 0.5) is 0 Å². The Balaban J connectivity index is 2.32. The van der Waals surface area contributed by atoms with Gasteiger partial charge in [0.05, 0.1) is 0 Å². The molecule has 2 heterocycles. The number of hydrogen-bond acceptors (Lipinski definition) is 1. The van der Waals surface area contributed by atoms with Gasteiger partial charge in [-0.2, -0.15) is 0 Å². The number of nitrogens with one attached hydrogen (secondary N) is 2. The van der Waals surface area contributed by atoms with E-state index in [0.717, 1.165) is 13.0 Å². The fraction of sp³-hybridized carbons (Fsp3) is 0.556. The number of aromatic nitrogens is 1. The van der Waals surface area contributed by atoms with Gasteiger partial charge in [0.1, 0.15) is 0 Å². The van der Waals surface area contributed by atoms with E-state index in [1.165, 1.54) is 11.3 Å². The molecule has 2 N–H and O–H groups in total.